The van der Waals surface area contributed by atoms with Gasteiger partial charge in [-0.05, 0) is 75.0 Å². The second kappa shape index (κ2) is 10.4. The number of aliphatic imine (C=N–C) groups is 1. The number of benzene rings is 2. The summed E-state index contributed by atoms with van der Waals surface area (Å²) >= 11 is 1.36. The largest absolute Gasteiger partial charge is 0.497 e. The van der Waals surface area contributed by atoms with Gasteiger partial charge in [0.15, 0.2) is 5.17 Å². The van der Waals surface area contributed by atoms with Gasteiger partial charge in [0.25, 0.3) is 5.91 Å². The molecule has 0 aromatic heterocycles. The molecule has 0 radical (unpaired) electrons. The van der Waals surface area contributed by atoms with Crippen molar-refractivity contribution >= 4 is 40.3 Å². The van der Waals surface area contributed by atoms with Crippen molar-refractivity contribution in [1.29, 1.82) is 0 Å². The van der Waals surface area contributed by atoms with Crippen molar-refractivity contribution < 1.29 is 14.3 Å². The monoisotopic (exact) mass is 439 g/mol. The fraction of sp³-hybridized carbons (Fsp3) is 0.333. The van der Waals surface area contributed by atoms with Gasteiger partial charge in [0, 0.05) is 37.5 Å². The number of thioether (sulfide) groups is 1. The van der Waals surface area contributed by atoms with Gasteiger partial charge in [-0.3, -0.25) is 9.69 Å². The lowest BCUT2D eigenvalue weighted by Gasteiger charge is -2.22. The van der Waals surface area contributed by atoms with Crippen LogP contribution < -0.4 is 14.4 Å². The molecular weight excluding hydrogens is 410 g/mol. The second-order valence-electron chi connectivity index (χ2n) is 6.89. The molecule has 2 aromatic carbocycles. The Kier molecular flexibility index (Phi) is 7.63. The van der Waals surface area contributed by atoms with Gasteiger partial charge in [-0.15, -0.1) is 0 Å². The first-order valence-corrected chi connectivity index (χ1v) is 11.2. The van der Waals surface area contributed by atoms with E-state index in [0.29, 0.717) is 16.7 Å². The van der Waals surface area contributed by atoms with Crippen molar-refractivity contribution in [3.05, 3.63) is 52.9 Å². The molecule has 7 heteroatoms. The summed E-state index contributed by atoms with van der Waals surface area (Å²) in [5.74, 6) is 1.47. The Morgan fingerprint density at radius 3 is 2.42 bits per heavy atom. The number of likely N-dealkylation sites (N-methyl/N-ethyl adjacent to an activating group) is 1. The third-order valence-corrected chi connectivity index (χ3v) is 6.07. The van der Waals surface area contributed by atoms with Gasteiger partial charge >= 0.3 is 0 Å². The molecule has 0 saturated carbocycles. The van der Waals surface area contributed by atoms with E-state index in [0.717, 1.165) is 41.5 Å². The van der Waals surface area contributed by atoms with E-state index in [1.807, 2.05) is 49.4 Å². The van der Waals surface area contributed by atoms with E-state index < -0.39 is 0 Å². The zero-order valence-corrected chi connectivity index (χ0v) is 19.5. The summed E-state index contributed by atoms with van der Waals surface area (Å²) in [4.78, 5) is 21.9. The Bertz CT molecular complexity index is 982. The molecule has 0 aliphatic carbocycles. The van der Waals surface area contributed by atoms with Crippen LogP contribution in [0.2, 0.25) is 0 Å². The molecule has 164 valence electrons. The topological polar surface area (TPSA) is 54.4 Å². The Labute approximate surface area is 188 Å². The molecule has 6 nitrogen and oxygen atoms in total. The van der Waals surface area contributed by atoms with Crippen LogP contribution in [0.5, 0.6) is 11.5 Å². The molecule has 1 aliphatic heterocycles. The number of ether oxygens (including phenoxy) is 2. The SMILES string of the molecule is CCOc1cc(N(CC)CC)ccc1/C=C1/SC(=Nc2ccc(OC)cc2)N(C)C1=O. The molecule has 0 unspecified atom stereocenters. The molecule has 0 bridgehead atoms. The Hall–Kier alpha value is -2.93. The summed E-state index contributed by atoms with van der Waals surface area (Å²) in [6.45, 7) is 8.63. The first kappa shape index (κ1) is 22.7. The van der Waals surface area contributed by atoms with Gasteiger partial charge in [-0.2, -0.15) is 0 Å². The summed E-state index contributed by atoms with van der Waals surface area (Å²) in [5.41, 5.74) is 2.76. The molecule has 1 fully saturated rings. The lowest BCUT2D eigenvalue weighted by Crippen LogP contribution is -2.23. The van der Waals surface area contributed by atoms with Crippen LogP contribution in [-0.4, -0.2) is 49.8 Å². The van der Waals surface area contributed by atoms with Crippen molar-refractivity contribution in [3.63, 3.8) is 0 Å². The molecule has 1 aliphatic rings. The lowest BCUT2D eigenvalue weighted by molar-refractivity contribution is -0.121. The van der Waals surface area contributed by atoms with Gasteiger partial charge in [0.2, 0.25) is 0 Å². The number of methoxy groups -OCH3 is 1. The number of nitrogens with zero attached hydrogens (tertiary/aromatic N) is 3. The summed E-state index contributed by atoms with van der Waals surface area (Å²) in [7, 11) is 3.37. The quantitative estimate of drug-likeness (QED) is 0.531. The highest BCUT2D eigenvalue weighted by Gasteiger charge is 2.30. The highest BCUT2D eigenvalue weighted by Crippen LogP contribution is 2.36. The number of hydrogen-bond acceptors (Lipinski definition) is 6. The minimum Gasteiger partial charge on any atom is -0.497 e. The van der Waals surface area contributed by atoms with Crippen LogP contribution in [0.15, 0.2) is 52.4 Å². The summed E-state index contributed by atoms with van der Waals surface area (Å²) in [5, 5.41) is 0.638. The van der Waals surface area contributed by atoms with E-state index in [2.05, 4.69) is 29.8 Å². The van der Waals surface area contributed by atoms with Crippen molar-refractivity contribution in [3.8, 4) is 11.5 Å². The number of carbonyl (C=O) groups excluding carboxylic acids is 1. The molecule has 3 rings (SSSR count). The van der Waals surface area contributed by atoms with E-state index in [4.69, 9.17) is 9.47 Å². The fourth-order valence-corrected chi connectivity index (χ4v) is 4.25. The number of amides is 1. The molecule has 31 heavy (non-hydrogen) atoms. The van der Waals surface area contributed by atoms with Gasteiger partial charge in [0.05, 0.1) is 24.3 Å². The summed E-state index contributed by atoms with van der Waals surface area (Å²) < 4.78 is 11.1. The maximum absolute atomic E-state index is 12.8. The maximum atomic E-state index is 12.8. The molecule has 0 N–H and O–H groups in total. The zero-order valence-electron chi connectivity index (χ0n) is 18.7. The number of anilines is 1. The minimum absolute atomic E-state index is 0.0764. The zero-order chi connectivity index (χ0) is 22.4. The minimum atomic E-state index is -0.0764. The third kappa shape index (κ3) is 5.22. The van der Waals surface area contributed by atoms with Crippen LogP contribution in [0.4, 0.5) is 11.4 Å². The highest BCUT2D eigenvalue weighted by molar-refractivity contribution is 8.18. The Morgan fingerprint density at radius 2 is 1.81 bits per heavy atom. The van der Waals surface area contributed by atoms with Crippen LogP contribution in [0.25, 0.3) is 6.08 Å². The van der Waals surface area contributed by atoms with Crippen LogP contribution in [-0.2, 0) is 4.79 Å². The van der Waals surface area contributed by atoms with Gasteiger partial charge in [-0.25, -0.2) is 4.99 Å². The molecule has 0 atom stereocenters. The van der Waals surface area contributed by atoms with Gasteiger partial charge in [0.1, 0.15) is 11.5 Å². The van der Waals surface area contributed by atoms with Gasteiger partial charge in [-0.1, -0.05) is 0 Å². The average Bonchev–Trinajstić information content (AvgIpc) is 3.04. The van der Waals surface area contributed by atoms with Crippen LogP contribution in [0.3, 0.4) is 0 Å². The van der Waals surface area contributed by atoms with E-state index in [9.17, 15) is 4.79 Å². The van der Waals surface area contributed by atoms with Crippen molar-refractivity contribution in [2.24, 2.45) is 4.99 Å². The standard InChI is InChI=1S/C24H29N3O3S/c1-6-27(7-2)19-12-9-17(21(16-19)30-8-3)15-22-23(28)26(4)24(31-22)25-18-10-13-20(29-5)14-11-18/h9-16H,6-8H2,1-5H3/b22-15+,25-24?. The van der Waals surface area contributed by atoms with E-state index in [1.165, 1.54) is 11.8 Å². The highest BCUT2D eigenvalue weighted by atomic mass is 32.2. The Balaban J connectivity index is 1.90. The van der Waals surface area contributed by atoms with E-state index in [1.54, 1.807) is 19.1 Å². The molecule has 2 aromatic rings. The van der Waals surface area contributed by atoms with Crippen molar-refractivity contribution in [2.45, 2.75) is 20.8 Å². The number of amidine groups is 1. The van der Waals surface area contributed by atoms with E-state index in [-0.39, 0.29) is 5.91 Å². The first-order chi connectivity index (χ1) is 15.0. The molecule has 0 spiro atoms. The molecule has 1 saturated heterocycles. The first-order valence-electron chi connectivity index (χ1n) is 10.4. The smallest absolute Gasteiger partial charge is 0.266 e. The maximum Gasteiger partial charge on any atom is 0.266 e. The lowest BCUT2D eigenvalue weighted by atomic mass is 10.1. The third-order valence-electron chi connectivity index (χ3n) is 5.01. The van der Waals surface area contributed by atoms with Crippen molar-refractivity contribution in [2.75, 3.05) is 38.8 Å². The van der Waals surface area contributed by atoms with E-state index >= 15 is 0 Å². The fourth-order valence-electron chi connectivity index (χ4n) is 3.27. The normalized spacial score (nSPS) is 16.3. The molecule has 1 amide bonds. The van der Waals surface area contributed by atoms with Crippen molar-refractivity contribution in [1.82, 2.24) is 4.90 Å². The number of rotatable bonds is 8. The molecular formula is C24H29N3O3S. The Morgan fingerprint density at radius 1 is 1.10 bits per heavy atom. The van der Waals surface area contributed by atoms with Gasteiger partial charge < -0.3 is 14.4 Å². The number of hydrogen-bond donors (Lipinski definition) is 0. The average molecular weight is 440 g/mol. The summed E-state index contributed by atoms with van der Waals surface area (Å²) in [6.07, 6.45) is 1.89. The predicted molar refractivity (Wildman–Crippen MR) is 130 cm³/mol. The summed E-state index contributed by atoms with van der Waals surface area (Å²) in [6, 6.07) is 13.6. The van der Waals surface area contributed by atoms with Crippen LogP contribution in [0.1, 0.15) is 26.3 Å². The van der Waals surface area contributed by atoms with Crippen LogP contribution in [0, 0.1) is 0 Å². The van der Waals surface area contributed by atoms with Crippen LogP contribution >= 0.6 is 11.8 Å². The molecule has 1 heterocycles. The second-order valence-corrected chi connectivity index (χ2v) is 7.90. The predicted octanol–water partition coefficient (Wildman–Crippen LogP) is 5.17. The number of carbonyl (C=O) groups is 1.